The molecule has 1 saturated heterocycles. The molecule has 27 heavy (non-hydrogen) atoms. The second-order valence-electron chi connectivity index (χ2n) is 6.69. The van der Waals surface area contributed by atoms with Gasteiger partial charge in [-0.25, -0.2) is 0 Å². The Bertz CT molecular complexity index is 801. The smallest absolute Gasteiger partial charge is 0.226 e. The van der Waals surface area contributed by atoms with Gasteiger partial charge in [-0.15, -0.1) is 0 Å². The number of rotatable bonds is 6. The van der Waals surface area contributed by atoms with Crippen LogP contribution in [0, 0.1) is 0 Å². The van der Waals surface area contributed by atoms with Gasteiger partial charge in [-0.3, -0.25) is 14.8 Å². The third kappa shape index (κ3) is 3.77. The molecule has 2 aliphatic heterocycles. The Morgan fingerprint density at radius 1 is 1.30 bits per heavy atom. The molecule has 0 spiro atoms. The standard InChI is InChI=1S/C19H24N4O4/c1-25-16-4-2-3-13(14-11-17(24)21-19-15(14)12-20-22-19)18(16)27-10-7-23-5-8-26-9-6-23/h2-4,12,14H,5-11H2,1H3,(H2,20,21,22,24). The summed E-state index contributed by atoms with van der Waals surface area (Å²) < 4.78 is 17.1. The van der Waals surface area contributed by atoms with Gasteiger partial charge < -0.3 is 19.5 Å². The summed E-state index contributed by atoms with van der Waals surface area (Å²) in [6.07, 6.45) is 2.11. The predicted molar refractivity (Wildman–Crippen MR) is 99.4 cm³/mol. The first-order valence-corrected chi connectivity index (χ1v) is 9.19. The Morgan fingerprint density at radius 2 is 2.15 bits per heavy atom. The molecule has 0 bridgehead atoms. The number of aromatic amines is 1. The van der Waals surface area contributed by atoms with E-state index >= 15 is 0 Å². The number of H-pyrrole nitrogens is 1. The van der Waals surface area contributed by atoms with Gasteiger partial charge in [0.1, 0.15) is 12.4 Å². The van der Waals surface area contributed by atoms with Crippen LogP contribution in [0.4, 0.5) is 5.82 Å². The van der Waals surface area contributed by atoms with Crippen LogP contribution in [0.1, 0.15) is 23.5 Å². The molecule has 2 N–H and O–H groups in total. The number of hydrogen-bond donors (Lipinski definition) is 2. The molecule has 4 rings (SSSR count). The molecule has 8 heteroatoms. The maximum Gasteiger partial charge on any atom is 0.226 e. The van der Waals surface area contributed by atoms with E-state index in [1.165, 1.54) is 0 Å². The highest BCUT2D eigenvalue weighted by molar-refractivity contribution is 5.94. The third-order valence-electron chi connectivity index (χ3n) is 5.06. The number of carbonyl (C=O) groups excluding carboxylic acids is 1. The SMILES string of the molecule is COc1cccc(C2CC(=O)Nc3[nH]ncc32)c1OCCN1CCOCC1. The van der Waals surface area contributed by atoms with Crippen molar-refractivity contribution in [3.63, 3.8) is 0 Å². The Hall–Kier alpha value is -2.58. The number of hydrogen-bond acceptors (Lipinski definition) is 6. The summed E-state index contributed by atoms with van der Waals surface area (Å²) >= 11 is 0. The summed E-state index contributed by atoms with van der Waals surface area (Å²) in [6, 6.07) is 5.80. The van der Waals surface area contributed by atoms with Gasteiger partial charge in [-0.05, 0) is 6.07 Å². The van der Waals surface area contributed by atoms with Crippen LogP contribution in [0.15, 0.2) is 24.4 Å². The number of nitrogens with zero attached hydrogens (tertiary/aromatic N) is 2. The van der Waals surface area contributed by atoms with Gasteiger partial charge in [0.2, 0.25) is 5.91 Å². The molecule has 0 radical (unpaired) electrons. The van der Waals surface area contributed by atoms with Crippen molar-refractivity contribution in [1.82, 2.24) is 15.1 Å². The van der Waals surface area contributed by atoms with E-state index in [0.29, 0.717) is 30.3 Å². The first-order chi connectivity index (χ1) is 13.3. The lowest BCUT2D eigenvalue weighted by Gasteiger charge is -2.28. The molecule has 0 aliphatic carbocycles. The second-order valence-corrected chi connectivity index (χ2v) is 6.69. The summed E-state index contributed by atoms with van der Waals surface area (Å²) in [5.41, 5.74) is 1.90. The van der Waals surface area contributed by atoms with Crippen LogP contribution in [0.3, 0.4) is 0 Å². The van der Waals surface area contributed by atoms with E-state index in [-0.39, 0.29) is 11.8 Å². The fraction of sp³-hybridized carbons (Fsp3) is 0.474. The predicted octanol–water partition coefficient (Wildman–Crippen LogP) is 1.60. The van der Waals surface area contributed by atoms with E-state index in [2.05, 4.69) is 20.4 Å². The number of nitrogens with one attached hydrogen (secondary N) is 2. The van der Waals surface area contributed by atoms with Crippen LogP contribution in [-0.4, -0.2) is 67.6 Å². The highest BCUT2D eigenvalue weighted by atomic mass is 16.5. The third-order valence-corrected chi connectivity index (χ3v) is 5.06. The van der Waals surface area contributed by atoms with Crippen LogP contribution < -0.4 is 14.8 Å². The van der Waals surface area contributed by atoms with Crippen molar-refractivity contribution >= 4 is 11.7 Å². The van der Waals surface area contributed by atoms with Crippen LogP contribution >= 0.6 is 0 Å². The van der Waals surface area contributed by atoms with Crippen LogP contribution in [0.25, 0.3) is 0 Å². The van der Waals surface area contributed by atoms with Gasteiger partial charge >= 0.3 is 0 Å². The normalized spacial score (nSPS) is 20.0. The molecule has 2 aliphatic rings. The molecule has 1 unspecified atom stereocenters. The van der Waals surface area contributed by atoms with Crippen molar-refractivity contribution in [2.24, 2.45) is 0 Å². The van der Waals surface area contributed by atoms with E-state index in [0.717, 1.165) is 44.0 Å². The quantitative estimate of drug-likeness (QED) is 0.801. The zero-order valence-corrected chi connectivity index (χ0v) is 15.4. The number of benzene rings is 1. The Balaban J connectivity index is 1.57. The number of ether oxygens (including phenoxy) is 3. The monoisotopic (exact) mass is 372 g/mol. The fourth-order valence-corrected chi connectivity index (χ4v) is 3.65. The van der Waals surface area contributed by atoms with Crippen molar-refractivity contribution in [2.75, 3.05) is 51.9 Å². The molecule has 2 aromatic rings. The van der Waals surface area contributed by atoms with Crippen LogP contribution in [0.5, 0.6) is 11.5 Å². The van der Waals surface area contributed by atoms with Crippen molar-refractivity contribution in [2.45, 2.75) is 12.3 Å². The lowest BCUT2D eigenvalue weighted by Crippen LogP contribution is -2.38. The molecule has 0 saturated carbocycles. The van der Waals surface area contributed by atoms with Crippen molar-refractivity contribution < 1.29 is 19.0 Å². The minimum absolute atomic E-state index is 0.0427. The number of methoxy groups -OCH3 is 1. The molecule has 3 heterocycles. The van der Waals surface area contributed by atoms with Crippen molar-refractivity contribution in [3.05, 3.63) is 35.5 Å². The largest absolute Gasteiger partial charge is 0.493 e. The van der Waals surface area contributed by atoms with Crippen LogP contribution in [0.2, 0.25) is 0 Å². The van der Waals surface area contributed by atoms with E-state index in [1.807, 2.05) is 18.2 Å². The molecule has 1 aromatic heterocycles. The first kappa shape index (κ1) is 17.8. The molecular weight excluding hydrogens is 348 g/mol. The summed E-state index contributed by atoms with van der Waals surface area (Å²) in [4.78, 5) is 14.5. The second kappa shape index (κ2) is 7.98. The first-order valence-electron chi connectivity index (χ1n) is 9.19. The average molecular weight is 372 g/mol. The van der Waals surface area contributed by atoms with E-state index in [9.17, 15) is 4.79 Å². The fourth-order valence-electron chi connectivity index (χ4n) is 3.65. The number of fused-ring (bicyclic) bond motifs is 1. The lowest BCUT2D eigenvalue weighted by molar-refractivity contribution is -0.116. The van der Waals surface area contributed by atoms with Crippen LogP contribution in [-0.2, 0) is 9.53 Å². The Morgan fingerprint density at radius 3 is 2.96 bits per heavy atom. The molecule has 1 amide bonds. The number of amides is 1. The topological polar surface area (TPSA) is 88.7 Å². The number of para-hydroxylation sites is 1. The van der Waals surface area contributed by atoms with E-state index in [1.54, 1.807) is 13.3 Å². The number of carbonyl (C=O) groups is 1. The van der Waals surface area contributed by atoms with E-state index in [4.69, 9.17) is 14.2 Å². The Labute approximate surface area is 157 Å². The Kier molecular flexibility index (Phi) is 5.26. The number of anilines is 1. The van der Waals surface area contributed by atoms with E-state index < -0.39 is 0 Å². The zero-order chi connectivity index (χ0) is 18.6. The highest BCUT2D eigenvalue weighted by Gasteiger charge is 2.31. The molecule has 144 valence electrons. The zero-order valence-electron chi connectivity index (χ0n) is 15.4. The van der Waals surface area contributed by atoms with Gasteiger partial charge in [-0.1, -0.05) is 12.1 Å². The highest BCUT2D eigenvalue weighted by Crippen LogP contribution is 2.43. The van der Waals surface area contributed by atoms with Gasteiger partial charge in [0.25, 0.3) is 0 Å². The van der Waals surface area contributed by atoms with Gasteiger partial charge in [0.05, 0.1) is 26.5 Å². The van der Waals surface area contributed by atoms with Gasteiger partial charge in [-0.2, -0.15) is 5.10 Å². The molecule has 1 atom stereocenters. The maximum atomic E-state index is 12.1. The van der Waals surface area contributed by atoms with Crippen molar-refractivity contribution in [1.29, 1.82) is 0 Å². The molecule has 1 fully saturated rings. The van der Waals surface area contributed by atoms with Gasteiger partial charge in [0, 0.05) is 43.1 Å². The van der Waals surface area contributed by atoms with Crippen molar-refractivity contribution in [3.8, 4) is 11.5 Å². The number of morpholine rings is 1. The summed E-state index contributed by atoms with van der Waals surface area (Å²) in [5.74, 6) is 1.85. The summed E-state index contributed by atoms with van der Waals surface area (Å²) in [5, 5.41) is 9.76. The molecular formula is C19H24N4O4. The molecule has 8 nitrogen and oxygen atoms in total. The minimum Gasteiger partial charge on any atom is -0.493 e. The average Bonchev–Trinajstić information content (AvgIpc) is 3.16. The minimum atomic E-state index is -0.124. The van der Waals surface area contributed by atoms with Gasteiger partial charge in [0.15, 0.2) is 11.5 Å². The summed E-state index contributed by atoms with van der Waals surface area (Å²) in [7, 11) is 1.63. The lowest BCUT2D eigenvalue weighted by atomic mass is 9.86. The number of aromatic nitrogens is 2. The molecule has 1 aromatic carbocycles. The maximum absolute atomic E-state index is 12.1. The summed E-state index contributed by atoms with van der Waals surface area (Å²) in [6.45, 7) is 4.74.